The van der Waals surface area contributed by atoms with Crippen LogP contribution in [0.25, 0.3) is 0 Å². The Bertz CT molecular complexity index is 414. The lowest BCUT2D eigenvalue weighted by Crippen LogP contribution is -2.49. The van der Waals surface area contributed by atoms with Gasteiger partial charge >= 0.3 is 15.2 Å². The van der Waals surface area contributed by atoms with Crippen molar-refractivity contribution in [1.29, 1.82) is 0 Å². The highest BCUT2D eigenvalue weighted by atomic mass is 32.1. The molecule has 8 nitrogen and oxygen atoms in total. The number of hydrogen-bond donors (Lipinski definition) is 7. The van der Waals surface area contributed by atoms with Gasteiger partial charge in [-0.1, -0.05) is 6.92 Å². The Hall–Kier alpha value is 0.570. The molecule has 1 saturated heterocycles. The van der Waals surface area contributed by atoms with E-state index in [-0.39, 0.29) is 5.92 Å². The van der Waals surface area contributed by atoms with Gasteiger partial charge in [-0.15, -0.1) is 0 Å². The predicted octanol–water partition coefficient (Wildman–Crippen LogP) is -0.0780. The van der Waals surface area contributed by atoms with Gasteiger partial charge in [0.05, 0.1) is 0 Å². The normalized spacial score (nSPS) is 29.4. The fourth-order valence-corrected chi connectivity index (χ4v) is 5.06. The van der Waals surface area contributed by atoms with E-state index in [0.717, 1.165) is 0 Å². The van der Waals surface area contributed by atoms with Crippen LogP contribution < -0.4 is 5.32 Å². The molecule has 1 rings (SSSR count). The summed E-state index contributed by atoms with van der Waals surface area (Å²) < 4.78 is 22.7. The van der Waals surface area contributed by atoms with Crippen LogP contribution in [-0.4, -0.2) is 48.1 Å². The van der Waals surface area contributed by atoms with Crippen LogP contribution in [0, 0.1) is 11.8 Å². The van der Waals surface area contributed by atoms with Crippen molar-refractivity contribution in [1.82, 2.24) is 5.32 Å². The van der Waals surface area contributed by atoms with E-state index in [1.54, 1.807) is 0 Å². The van der Waals surface area contributed by atoms with E-state index in [1.165, 1.54) is 0 Å². The molecule has 0 spiro atoms. The molecule has 3 unspecified atom stereocenters. The molecule has 0 amide bonds. The average Bonchev–Trinajstić information content (AvgIpc) is 2.28. The highest BCUT2D eigenvalue weighted by Crippen LogP contribution is 2.69. The van der Waals surface area contributed by atoms with Crippen LogP contribution in [0.15, 0.2) is 0 Å². The summed E-state index contributed by atoms with van der Waals surface area (Å²) >= 11 is 4.15. The summed E-state index contributed by atoms with van der Waals surface area (Å²) in [5.74, 6) is 0.578. The van der Waals surface area contributed by atoms with Gasteiger partial charge < -0.3 is 30.0 Å². The van der Waals surface area contributed by atoms with Gasteiger partial charge in [0, 0.05) is 12.5 Å². The molecule has 20 heavy (non-hydrogen) atoms. The van der Waals surface area contributed by atoms with Crippen LogP contribution in [0.4, 0.5) is 0 Å². The van der Waals surface area contributed by atoms with Crippen LogP contribution in [0.2, 0.25) is 0 Å². The lowest BCUT2D eigenvalue weighted by atomic mass is 9.85. The van der Waals surface area contributed by atoms with Crippen molar-refractivity contribution < 1.29 is 33.8 Å². The first-order valence-corrected chi connectivity index (χ1v) is 9.96. The molecule has 3 atom stereocenters. The van der Waals surface area contributed by atoms with Gasteiger partial charge in [0.1, 0.15) is 0 Å². The quantitative estimate of drug-likeness (QED) is 0.269. The average molecular weight is 349 g/mol. The third kappa shape index (κ3) is 3.85. The van der Waals surface area contributed by atoms with Crippen molar-refractivity contribution in [2.75, 3.05) is 12.3 Å². The Labute approximate surface area is 122 Å². The highest BCUT2D eigenvalue weighted by molar-refractivity contribution is 7.80. The van der Waals surface area contributed by atoms with E-state index in [2.05, 4.69) is 17.9 Å². The minimum atomic E-state index is -5.40. The Morgan fingerprint density at radius 3 is 2.15 bits per heavy atom. The SMILES string of the molecule is CC1CNC(CC(O)(P(=O)(O)O)P(=O)(O)O)C(CS)C1. The van der Waals surface area contributed by atoms with Gasteiger partial charge in [-0.25, -0.2) is 0 Å². The number of thiol groups is 1. The largest absolute Gasteiger partial charge is 0.369 e. The molecule has 1 heterocycles. The van der Waals surface area contributed by atoms with E-state index >= 15 is 0 Å². The molecule has 1 aliphatic rings. The van der Waals surface area contributed by atoms with Crippen LogP contribution >= 0.6 is 27.8 Å². The van der Waals surface area contributed by atoms with Crippen molar-refractivity contribution in [3.8, 4) is 0 Å². The molecule has 0 aromatic carbocycles. The molecular formula is C9H21NO7P2S. The summed E-state index contributed by atoms with van der Waals surface area (Å²) in [6.45, 7) is 2.53. The standard InChI is InChI=1S/C9H21NO7P2S/c1-6-2-7(5-20)8(10-4-6)3-9(11,18(12,13)14)19(15,16)17/h6-8,10-11,20H,2-5H2,1H3,(H2,12,13,14)(H2,15,16,17). The summed E-state index contributed by atoms with van der Waals surface area (Å²) in [7, 11) is -10.8. The third-order valence-electron chi connectivity index (χ3n) is 3.66. The highest BCUT2D eigenvalue weighted by Gasteiger charge is 2.60. The monoisotopic (exact) mass is 349 g/mol. The van der Waals surface area contributed by atoms with E-state index in [0.29, 0.717) is 24.6 Å². The number of rotatable bonds is 5. The summed E-state index contributed by atoms with van der Waals surface area (Å²) in [5.41, 5.74) is 0. The predicted molar refractivity (Wildman–Crippen MR) is 76.6 cm³/mol. The van der Waals surface area contributed by atoms with Crippen molar-refractivity contribution in [2.24, 2.45) is 11.8 Å². The Balaban J connectivity index is 3.02. The first-order valence-electron chi connectivity index (χ1n) is 6.10. The Kier molecular flexibility index (Phi) is 5.92. The fraction of sp³-hybridized carbons (Fsp3) is 1.00. The van der Waals surface area contributed by atoms with Gasteiger partial charge in [-0.3, -0.25) is 9.13 Å². The molecule has 0 aromatic heterocycles. The number of aliphatic hydroxyl groups is 1. The Morgan fingerprint density at radius 2 is 1.75 bits per heavy atom. The molecule has 11 heteroatoms. The summed E-state index contributed by atoms with van der Waals surface area (Å²) in [6.07, 6.45) is -0.0148. The van der Waals surface area contributed by atoms with Crippen LogP contribution in [-0.2, 0) is 9.13 Å². The molecule has 1 fully saturated rings. The maximum absolute atomic E-state index is 11.3. The maximum Gasteiger partial charge on any atom is 0.369 e. The van der Waals surface area contributed by atoms with Crippen molar-refractivity contribution >= 4 is 27.8 Å². The Morgan fingerprint density at radius 1 is 1.25 bits per heavy atom. The fourth-order valence-electron chi connectivity index (χ4n) is 2.43. The van der Waals surface area contributed by atoms with E-state index in [9.17, 15) is 14.2 Å². The van der Waals surface area contributed by atoms with Crippen LogP contribution in [0.1, 0.15) is 19.8 Å². The molecular weight excluding hydrogens is 328 g/mol. The second kappa shape index (κ2) is 6.36. The van der Waals surface area contributed by atoms with Gasteiger partial charge in [-0.2, -0.15) is 12.6 Å². The number of hydrogen-bond acceptors (Lipinski definition) is 5. The van der Waals surface area contributed by atoms with Crippen molar-refractivity contribution in [2.45, 2.75) is 30.9 Å². The number of nitrogens with one attached hydrogen (secondary N) is 1. The van der Waals surface area contributed by atoms with Crippen LogP contribution in [0.5, 0.6) is 0 Å². The number of piperidine rings is 1. The second-order valence-corrected chi connectivity index (χ2v) is 9.74. The van der Waals surface area contributed by atoms with Gasteiger partial charge in [-0.05, 0) is 30.6 Å². The molecule has 0 aromatic rings. The zero-order chi connectivity index (χ0) is 15.8. The third-order valence-corrected chi connectivity index (χ3v) is 7.93. The zero-order valence-electron chi connectivity index (χ0n) is 11.0. The van der Waals surface area contributed by atoms with Crippen molar-refractivity contribution in [3.05, 3.63) is 0 Å². The minimum absolute atomic E-state index is 0.133. The van der Waals surface area contributed by atoms with E-state index in [1.807, 2.05) is 6.92 Å². The molecule has 0 radical (unpaired) electrons. The lowest BCUT2D eigenvalue weighted by Gasteiger charge is -2.40. The molecule has 120 valence electrons. The molecule has 0 bridgehead atoms. The first kappa shape index (κ1) is 18.6. The van der Waals surface area contributed by atoms with E-state index < -0.39 is 32.7 Å². The van der Waals surface area contributed by atoms with E-state index in [4.69, 9.17) is 19.6 Å². The summed E-state index contributed by atoms with van der Waals surface area (Å²) in [6, 6.07) is -0.617. The first-order chi connectivity index (χ1) is 8.92. The molecule has 0 saturated carbocycles. The zero-order valence-corrected chi connectivity index (χ0v) is 13.6. The second-order valence-electron chi connectivity index (χ2n) is 5.36. The molecule has 1 aliphatic heterocycles. The van der Waals surface area contributed by atoms with Gasteiger partial charge in [0.2, 0.25) is 0 Å². The van der Waals surface area contributed by atoms with Crippen molar-refractivity contribution in [3.63, 3.8) is 0 Å². The van der Waals surface area contributed by atoms with Gasteiger partial charge in [0.25, 0.3) is 5.08 Å². The topological polar surface area (TPSA) is 147 Å². The lowest BCUT2D eigenvalue weighted by molar-refractivity contribution is 0.0942. The summed E-state index contributed by atoms with van der Waals surface area (Å²) in [4.78, 5) is 36.5. The molecule has 0 aliphatic carbocycles. The minimum Gasteiger partial charge on any atom is -0.367 e. The maximum atomic E-state index is 11.3. The van der Waals surface area contributed by atoms with Crippen LogP contribution in [0.3, 0.4) is 0 Å². The summed E-state index contributed by atoms with van der Waals surface area (Å²) in [5, 5.41) is 9.54. The smallest absolute Gasteiger partial charge is 0.367 e. The van der Waals surface area contributed by atoms with Gasteiger partial charge in [0.15, 0.2) is 0 Å². The molecule has 6 N–H and O–H groups in total.